The Morgan fingerprint density at radius 3 is 2.65 bits per heavy atom. The van der Waals surface area contributed by atoms with Crippen molar-refractivity contribution in [2.24, 2.45) is 0 Å². The Balaban J connectivity index is 1.53. The van der Waals surface area contributed by atoms with Gasteiger partial charge in [-0.3, -0.25) is 10.1 Å². The predicted molar refractivity (Wildman–Crippen MR) is 124 cm³/mol. The van der Waals surface area contributed by atoms with Crippen LogP contribution in [0.4, 0.5) is 5.69 Å². The van der Waals surface area contributed by atoms with Gasteiger partial charge in [0.1, 0.15) is 23.9 Å². The molecule has 156 valence electrons. The van der Waals surface area contributed by atoms with E-state index in [4.69, 9.17) is 21.4 Å². The Bertz CT molecular complexity index is 1260. The summed E-state index contributed by atoms with van der Waals surface area (Å²) in [4.78, 5) is 12.8. The number of aliphatic hydroxyl groups excluding tert-OH is 1. The zero-order chi connectivity index (χ0) is 21.8. The molecule has 1 heterocycles. The van der Waals surface area contributed by atoms with Crippen molar-refractivity contribution in [3.05, 3.63) is 84.1 Å². The van der Waals surface area contributed by atoms with E-state index in [-0.39, 0.29) is 17.6 Å². The molecular weight excluding hydrogens is 412 g/mol. The molecule has 4 aromatic rings. The first kappa shape index (κ1) is 20.6. The molecule has 0 saturated carbocycles. The topological polar surface area (TPSA) is 83.7 Å². The van der Waals surface area contributed by atoms with Gasteiger partial charge in [0.05, 0.1) is 12.7 Å². The molecule has 1 amide bonds. The molecule has 0 bridgehead atoms. The molecule has 0 saturated heterocycles. The summed E-state index contributed by atoms with van der Waals surface area (Å²) in [6.45, 7) is -0.190. The lowest BCUT2D eigenvalue weighted by atomic mass is 10.0. The number of ether oxygens (including phenoxy) is 1. The second-order valence-electron chi connectivity index (χ2n) is 6.77. The highest BCUT2D eigenvalue weighted by atomic mass is 32.1. The van der Waals surface area contributed by atoms with Crippen molar-refractivity contribution < 1.29 is 19.1 Å². The van der Waals surface area contributed by atoms with Gasteiger partial charge in [0.25, 0.3) is 5.91 Å². The van der Waals surface area contributed by atoms with Crippen LogP contribution < -0.4 is 15.4 Å². The minimum Gasteiger partial charge on any atom is -0.496 e. The third kappa shape index (κ3) is 4.42. The predicted octanol–water partition coefficient (Wildman–Crippen LogP) is 4.73. The molecule has 0 unspecified atom stereocenters. The number of hydrogen-bond acceptors (Lipinski definition) is 5. The van der Waals surface area contributed by atoms with Crippen molar-refractivity contribution in [3.8, 4) is 17.1 Å². The van der Waals surface area contributed by atoms with E-state index in [2.05, 4.69) is 10.6 Å². The standard InChI is InChI=1S/C24H20N2O4S/c1-29-21-11-9-16(13-20(21)22-12-10-17(14-27)30-22)25-24(31)26-23(28)19-8-4-6-15-5-2-3-7-18(15)19/h2-13,27H,14H2,1H3,(H2,25,26,28,31). The van der Waals surface area contributed by atoms with Gasteiger partial charge < -0.3 is 19.6 Å². The summed E-state index contributed by atoms with van der Waals surface area (Å²) in [5, 5.41) is 17.0. The molecule has 0 spiro atoms. The van der Waals surface area contributed by atoms with Gasteiger partial charge in [-0.15, -0.1) is 0 Å². The first-order chi connectivity index (χ1) is 15.1. The van der Waals surface area contributed by atoms with Crippen molar-refractivity contribution in [2.75, 3.05) is 12.4 Å². The molecule has 7 heteroatoms. The van der Waals surface area contributed by atoms with Gasteiger partial charge >= 0.3 is 0 Å². The zero-order valence-electron chi connectivity index (χ0n) is 16.7. The first-order valence-corrected chi connectivity index (χ1v) is 9.98. The lowest BCUT2D eigenvalue weighted by molar-refractivity contribution is 0.0979. The number of fused-ring (bicyclic) bond motifs is 1. The van der Waals surface area contributed by atoms with Crippen LogP contribution in [0.1, 0.15) is 16.1 Å². The van der Waals surface area contributed by atoms with E-state index in [1.165, 1.54) is 0 Å². The van der Waals surface area contributed by atoms with Crippen molar-refractivity contribution in [3.63, 3.8) is 0 Å². The number of aliphatic hydroxyl groups is 1. The smallest absolute Gasteiger partial charge is 0.258 e. The summed E-state index contributed by atoms with van der Waals surface area (Å²) in [6.07, 6.45) is 0. The lowest BCUT2D eigenvalue weighted by Crippen LogP contribution is -2.34. The molecule has 3 aromatic carbocycles. The Morgan fingerprint density at radius 2 is 1.87 bits per heavy atom. The van der Waals surface area contributed by atoms with Crippen molar-refractivity contribution in [1.29, 1.82) is 0 Å². The summed E-state index contributed by atoms with van der Waals surface area (Å²) in [5.74, 6) is 1.32. The number of benzene rings is 3. The minimum absolute atomic E-state index is 0.171. The average Bonchev–Trinajstić information content (AvgIpc) is 3.27. The second kappa shape index (κ2) is 8.99. The fourth-order valence-corrected chi connectivity index (χ4v) is 3.55. The van der Waals surface area contributed by atoms with Gasteiger partial charge in [0.2, 0.25) is 0 Å². The van der Waals surface area contributed by atoms with Crippen LogP contribution >= 0.6 is 12.2 Å². The molecule has 0 aliphatic heterocycles. The molecule has 3 N–H and O–H groups in total. The molecule has 0 aliphatic carbocycles. The van der Waals surface area contributed by atoms with E-state index < -0.39 is 0 Å². The highest BCUT2D eigenvalue weighted by Crippen LogP contribution is 2.33. The quantitative estimate of drug-likeness (QED) is 0.396. The SMILES string of the molecule is COc1ccc(NC(=S)NC(=O)c2cccc3ccccc23)cc1-c1ccc(CO)o1. The monoisotopic (exact) mass is 432 g/mol. The maximum atomic E-state index is 12.8. The Morgan fingerprint density at radius 1 is 1.06 bits per heavy atom. The molecule has 0 fully saturated rings. The highest BCUT2D eigenvalue weighted by molar-refractivity contribution is 7.80. The average molecular weight is 433 g/mol. The van der Waals surface area contributed by atoms with Gasteiger partial charge in [0.15, 0.2) is 5.11 Å². The van der Waals surface area contributed by atoms with Gasteiger partial charge in [-0.1, -0.05) is 36.4 Å². The van der Waals surface area contributed by atoms with Crippen molar-refractivity contribution >= 4 is 39.7 Å². The number of methoxy groups -OCH3 is 1. The van der Waals surface area contributed by atoms with E-state index in [0.29, 0.717) is 34.1 Å². The van der Waals surface area contributed by atoms with E-state index in [0.717, 1.165) is 10.8 Å². The number of nitrogens with one attached hydrogen (secondary N) is 2. The fourth-order valence-electron chi connectivity index (χ4n) is 3.34. The number of carbonyl (C=O) groups is 1. The van der Waals surface area contributed by atoms with Crippen LogP contribution in [0, 0.1) is 0 Å². The molecule has 1 aromatic heterocycles. The number of anilines is 1. The molecule has 31 heavy (non-hydrogen) atoms. The summed E-state index contributed by atoms with van der Waals surface area (Å²) >= 11 is 5.35. The van der Waals surface area contributed by atoms with Crippen molar-refractivity contribution in [2.45, 2.75) is 6.61 Å². The molecule has 4 rings (SSSR count). The highest BCUT2D eigenvalue weighted by Gasteiger charge is 2.14. The number of furan rings is 1. The van der Waals surface area contributed by atoms with Crippen LogP contribution in [0.25, 0.3) is 22.1 Å². The number of carbonyl (C=O) groups excluding carboxylic acids is 1. The largest absolute Gasteiger partial charge is 0.496 e. The van der Waals surface area contributed by atoms with E-state index in [1.807, 2.05) is 36.4 Å². The number of amides is 1. The van der Waals surface area contributed by atoms with E-state index in [1.54, 1.807) is 43.5 Å². The van der Waals surface area contributed by atoms with Crippen LogP contribution in [0.3, 0.4) is 0 Å². The van der Waals surface area contributed by atoms with E-state index in [9.17, 15) is 9.90 Å². The maximum absolute atomic E-state index is 12.8. The van der Waals surface area contributed by atoms with Gasteiger partial charge in [-0.05, 0) is 59.4 Å². The Hall–Kier alpha value is -3.68. The third-order valence-electron chi connectivity index (χ3n) is 4.80. The van der Waals surface area contributed by atoms with Crippen molar-refractivity contribution in [1.82, 2.24) is 5.32 Å². The van der Waals surface area contributed by atoms with E-state index >= 15 is 0 Å². The first-order valence-electron chi connectivity index (χ1n) is 9.57. The zero-order valence-corrected chi connectivity index (χ0v) is 17.5. The molecule has 6 nitrogen and oxygen atoms in total. The van der Waals surface area contributed by atoms with Crippen LogP contribution in [0.5, 0.6) is 5.75 Å². The van der Waals surface area contributed by atoms with Gasteiger partial charge in [-0.25, -0.2) is 0 Å². The second-order valence-corrected chi connectivity index (χ2v) is 7.18. The van der Waals surface area contributed by atoms with Gasteiger partial charge in [0, 0.05) is 11.3 Å². The summed E-state index contributed by atoms with van der Waals surface area (Å²) in [5.41, 5.74) is 1.89. The minimum atomic E-state index is -0.290. The molecular formula is C24H20N2O4S. The summed E-state index contributed by atoms with van der Waals surface area (Å²) in [7, 11) is 1.57. The lowest BCUT2D eigenvalue weighted by Gasteiger charge is -2.13. The van der Waals surface area contributed by atoms with Crippen LogP contribution in [0.15, 0.2) is 77.2 Å². The summed E-state index contributed by atoms with van der Waals surface area (Å²) < 4.78 is 11.0. The molecule has 0 radical (unpaired) electrons. The Labute approximate surface area is 184 Å². The number of hydrogen-bond donors (Lipinski definition) is 3. The number of thiocarbonyl (C=S) groups is 1. The van der Waals surface area contributed by atoms with Crippen LogP contribution in [0.2, 0.25) is 0 Å². The van der Waals surface area contributed by atoms with Gasteiger partial charge in [-0.2, -0.15) is 0 Å². The molecule has 0 atom stereocenters. The van der Waals surface area contributed by atoms with Crippen LogP contribution in [-0.4, -0.2) is 23.2 Å². The molecule has 0 aliphatic rings. The fraction of sp³-hybridized carbons (Fsp3) is 0.0833. The Kier molecular flexibility index (Phi) is 5.97. The maximum Gasteiger partial charge on any atom is 0.258 e. The normalized spacial score (nSPS) is 10.6. The third-order valence-corrected chi connectivity index (χ3v) is 5.01. The van der Waals surface area contributed by atoms with Crippen LogP contribution in [-0.2, 0) is 6.61 Å². The number of rotatable bonds is 5. The summed E-state index contributed by atoms with van der Waals surface area (Å²) in [6, 6.07) is 22.1.